The number of nitrogens with zero attached hydrogens (tertiary/aromatic N) is 1. The van der Waals surface area contributed by atoms with Crippen LogP contribution in [-0.4, -0.2) is 58.4 Å². The highest BCUT2D eigenvalue weighted by Gasteiger charge is 2.65. The van der Waals surface area contributed by atoms with Crippen molar-refractivity contribution in [1.29, 1.82) is 0 Å². The molecule has 0 unspecified atom stereocenters. The van der Waals surface area contributed by atoms with E-state index in [2.05, 4.69) is 4.74 Å². The Morgan fingerprint density at radius 2 is 1.66 bits per heavy atom. The van der Waals surface area contributed by atoms with Gasteiger partial charge in [-0.25, -0.2) is 21.6 Å². The van der Waals surface area contributed by atoms with Crippen molar-refractivity contribution in [2.45, 2.75) is 66.0 Å². The van der Waals surface area contributed by atoms with E-state index in [1.165, 1.54) is 0 Å². The van der Waals surface area contributed by atoms with Gasteiger partial charge in [0.05, 0.1) is 28.1 Å². The number of amides is 1. The summed E-state index contributed by atoms with van der Waals surface area (Å²) in [6.45, 7) is 0.461. The monoisotopic (exact) mass is 702 g/mol. The van der Waals surface area contributed by atoms with E-state index in [1.807, 2.05) is 5.32 Å². The van der Waals surface area contributed by atoms with Crippen molar-refractivity contribution in [3.05, 3.63) is 42.5 Å². The van der Waals surface area contributed by atoms with Crippen LogP contribution in [-0.2, 0) is 24.6 Å². The van der Waals surface area contributed by atoms with Gasteiger partial charge in [0.1, 0.15) is 16.7 Å². The fourth-order valence-corrected chi connectivity index (χ4v) is 8.18. The van der Waals surface area contributed by atoms with Crippen molar-refractivity contribution in [3.63, 3.8) is 0 Å². The molecule has 0 saturated heterocycles. The maximum atomic E-state index is 13.7. The average molecular weight is 703 g/mol. The summed E-state index contributed by atoms with van der Waals surface area (Å²) >= 11 is 0. The number of fused-ring (bicyclic) bond motifs is 1. The summed E-state index contributed by atoms with van der Waals surface area (Å²) in [5.41, 5.74) is -3.69. The molecular weight excluding hydrogens is 676 g/mol. The molecule has 0 bridgehead atoms. The van der Waals surface area contributed by atoms with Crippen LogP contribution in [0.2, 0.25) is 0 Å². The molecule has 1 heterocycles. The number of carbonyl (C=O) groups is 1. The van der Waals surface area contributed by atoms with Crippen LogP contribution in [0.3, 0.4) is 0 Å². The number of hydrogen-bond acceptors (Lipinski definition) is 7. The van der Waals surface area contributed by atoms with Crippen molar-refractivity contribution in [1.82, 2.24) is 0 Å². The second-order valence-electron chi connectivity index (χ2n) is 10.8. The first kappa shape index (κ1) is 33.9. The van der Waals surface area contributed by atoms with Gasteiger partial charge in [0.2, 0.25) is 5.60 Å². The van der Waals surface area contributed by atoms with E-state index in [0.29, 0.717) is 43.1 Å². The standard InChI is InChI=1S/C24H26F8N2O7S3/c1-23(2,24(25,26)27)41-22(35)33-15-6-9-21-20(12-15)34(14-16(40-21)10-11-42(36,37)17-7-8-17)43(38,39)18-4-3-5-19(13-18)44(28,29,30,31)32/h3-6,9,12-13,16-17H,7-8,10-11,14H2,1-2H3,(H,33,35)/t16-/m0/s1. The minimum absolute atomic E-state index is 0.00938. The van der Waals surface area contributed by atoms with Crippen molar-refractivity contribution < 1.29 is 63.7 Å². The van der Waals surface area contributed by atoms with Gasteiger partial charge in [0.25, 0.3) is 10.0 Å². The lowest BCUT2D eigenvalue weighted by Gasteiger charge is -2.41. The Morgan fingerprint density at radius 3 is 2.23 bits per heavy atom. The summed E-state index contributed by atoms with van der Waals surface area (Å²) in [6, 6.07) is 3.95. The zero-order valence-corrected chi connectivity index (χ0v) is 25.2. The number of sulfone groups is 1. The SMILES string of the molecule is CC(C)(OC(=O)Nc1ccc2c(c1)N(S(=O)(=O)c1cccc(S(F)(F)(F)(F)F)c1)C[C@H](CCS(=O)(=O)C1CC1)O2)C(F)(F)F. The number of ether oxygens (including phenoxy) is 2. The molecule has 1 saturated carbocycles. The van der Waals surface area contributed by atoms with Gasteiger partial charge >= 0.3 is 22.5 Å². The molecule has 1 N–H and O–H groups in total. The summed E-state index contributed by atoms with van der Waals surface area (Å²) in [5, 5.41) is 1.43. The zero-order valence-electron chi connectivity index (χ0n) is 22.8. The first-order chi connectivity index (χ1) is 19.7. The smallest absolute Gasteiger partial charge is 0.427 e. The molecule has 1 aliphatic carbocycles. The molecule has 44 heavy (non-hydrogen) atoms. The summed E-state index contributed by atoms with van der Waals surface area (Å²) < 4.78 is 170. The van der Waals surface area contributed by atoms with Crippen LogP contribution in [0.25, 0.3) is 0 Å². The van der Waals surface area contributed by atoms with Crippen molar-refractivity contribution in [2.75, 3.05) is 21.9 Å². The van der Waals surface area contributed by atoms with Crippen LogP contribution < -0.4 is 14.4 Å². The van der Waals surface area contributed by atoms with Crippen LogP contribution in [0.4, 0.5) is 48.8 Å². The second kappa shape index (κ2) is 10.0. The maximum absolute atomic E-state index is 13.7. The van der Waals surface area contributed by atoms with E-state index in [9.17, 15) is 54.2 Å². The fourth-order valence-electron chi connectivity index (χ4n) is 4.09. The molecule has 1 amide bonds. The van der Waals surface area contributed by atoms with Crippen LogP contribution in [0, 0.1) is 0 Å². The summed E-state index contributed by atoms with van der Waals surface area (Å²) in [7, 11) is -19.0. The van der Waals surface area contributed by atoms with Crippen LogP contribution in [0.1, 0.15) is 33.1 Å². The second-order valence-corrected chi connectivity index (χ2v) is 17.5. The van der Waals surface area contributed by atoms with E-state index in [1.54, 1.807) is 0 Å². The molecule has 1 aliphatic heterocycles. The van der Waals surface area contributed by atoms with Gasteiger partial charge < -0.3 is 9.47 Å². The van der Waals surface area contributed by atoms with Gasteiger partial charge in [-0.05, 0) is 69.5 Å². The van der Waals surface area contributed by atoms with Gasteiger partial charge in [-0.2, -0.15) is 13.2 Å². The highest BCUT2D eigenvalue weighted by molar-refractivity contribution is 8.45. The minimum atomic E-state index is -10.3. The first-order valence-electron chi connectivity index (χ1n) is 12.7. The molecule has 20 heteroatoms. The molecule has 1 atom stereocenters. The summed E-state index contributed by atoms with van der Waals surface area (Å²) in [5.74, 6) is -0.668. The Balaban J connectivity index is 1.71. The quantitative estimate of drug-likeness (QED) is 0.276. The molecule has 0 spiro atoms. The molecule has 2 aliphatic rings. The summed E-state index contributed by atoms with van der Waals surface area (Å²) in [6.07, 6.45) is -7.04. The molecule has 2 aromatic rings. The van der Waals surface area contributed by atoms with E-state index in [4.69, 9.17) is 4.74 Å². The highest BCUT2D eigenvalue weighted by Crippen LogP contribution is 3.02. The Bertz CT molecular complexity index is 1690. The van der Waals surface area contributed by atoms with E-state index >= 15 is 0 Å². The maximum Gasteiger partial charge on any atom is 0.427 e. The number of anilines is 2. The molecule has 9 nitrogen and oxygen atoms in total. The molecular formula is C24H26F8N2O7S3. The molecule has 2 aromatic carbocycles. The first-order valence-corrected chi connectivity index (χ1v) is 17.8. The van der Waals surface area contributed by atoms with E-state index in [-0.39, 0.29) is 30.0 Å². The van der Waals surface area contributed by atoms with Crippen LogP contribution in [0.5, 0.6) is 5.75 Å². The predicted molar refractivity (Wildman–Crippen MR) is 145 cm³/mol. The normalized spacial score (nSPS) is 19.7. The van der Waals surface area contributed by atoms with Crippen LogP contribution >= 0.6 is 10.2 Å². The topological polar surface area (TPSA) is 119 Å². The Morgan fingerprint density at radius 1 is 1.02 bits per heavy atom. The van der Waals surface area contributed by atoms with Gasteiger partial charge in [0.15, 0.2) is 9.84 Å². The van der Waals surface area contributed by atoms with Gasteiger partial charge in [0, 0.05) is 5.69 Å². The minimum Gasteiger partial charge on any atom is -0.486 e. The molecule has 4 rings (SSSR count). The lowest BCUT2D eigenvalue weighted by atomic mass is 10.1. The largest absolute Gasteiger partial charge is 0.486 e. The zero-order chi connectivity index (χ0) is 33.2. The number of hydrogen-bond donors (Lipinski definition) is 1. The number of benzene rings is 2. The van der Waals surface area contributed by atoms with Gasteiger partial charge in [-0.3, -0.25) is 9.62 Å². The predicted octanol–water partition coefficient (Wildman–Crippen LogP) is 7.16. The average Bonchev–Trinajstić information content (AvgIpc) is 3.71. The fraction of sp³-hybridized carbons (Fsp3) is 0.458. The van der Waals surface area contributed by atoms with Gasteiger partial charge in [-0.15, -0.1) is 0 Å². The number of rotatable bonds is 9. The number of alkyl halides is 3. The number of sulfonamides is 1. The van der Waals surface area contributed by atoms with Crippen molar-refractivity contribution >= 4 is 47.6 Å². The molecule has 0 radical (unpaired) electrons. The third kappa shape index (κ3) is 7.44. The number of nitrogens with one attached hydrogen (secondary N) is 1. The number of carbonyl (C=O) groups excluding carboxylic acids is 1. The van der Waals surface area contributed by atoms with Crippen LogP contribution in [0.15, 0.2) is 52.3 Å². The van der Waals surface area contributed by atoms with Gasteiger partial charge in [-0.1, -0.05) is 25.5 Å². The van der Waals surface area contributed by atoms with E-state index < -0.39 is 87.1 Å². The molecule has 248 valence electrons. The highest BCUT2D eigenvalue weighted by atomic mass is 32.5. The lowest BCUT2D eigenvalue weighted by molar-refractivity contribution is -0.242. The molecule has 1 fully saturated rings. The van der Waals surface area contributed by atoms with Crippen molar-refractivity contribution in [2.24, 2.45) is 0 Å². The van der Waals surface area contributed by atoms with Crippen molar-refractivity contribution in [3.8, 4) is 5.75 Å². The Kier molecular flexibility index (Phi) is 7.70. The lowest BCUT2D eigenvalue weighted by Crippen LogP contribution is -2.45. The Hall–Kier alpha value is -3.00. The third-order valence-corrected chi connectivity index (χ3v) is 12.0. The third-order valence-electron chi connectivity index (χ3n) is 6.76. The Labute approximate surface area is 247 Å². The summed E-state index contributed by atoms with van der Waals surface area (Å²) in [4.78, 5) is 8.53. The van der Waals surface area contributed by atoms with E-state index in [0.717, 1.165) is 18.2 Å². The number of halogens is 8. The molecule has 0 aromatic heterocycles.